The van der Waals surface area contributed by atoms with Crippen molar-refractivity contribution in [2.24, 2.45) is 0 Å². The average Bonchev–Trinajstić information content (AvgIpc) is 2.36. The number of sulfone groups is 1. The number of ether oxygens (including phenoxy) is 1. The first kappa shape index (κ1) is 17.3. The molecule has 0 saturated carbocycles. The van der Waals surface area contributed by atoms with E-state index in [9.17, 15) is 8.42 Å². The number of rotatable bonds is 9. The Hall–Kier alpha value is -0.780. The summed E-state index contributed by atoms with van der Waals surface area (Å²) in [5.74, 6) is 0.725. The predicted molar refractivity (Wildman–Crippen MR) is 83.3 cm³/mol. The van der Waals surface area contributed by atoms with Crippen LogP contribution in [0.3, 0.4) is 0 Å². The molecule has 0 amide bonds. The van der Waals surface area contributed by atoms with Crippen LogP contribution in [-0.2, 0) is 16.4 Å². The van der Waals surface area contributed by atoms with Crippen molar-refractivity contribution in [3.8, 4) is 5.75 Å². The summed E-state index contributed by atoms with van der Waals surface area (Å²) in [5, 5.41) is 3.86. The first-order valence-electron chi connectivity index (χ1n) is 6.72. The van der Waals surface area contributed by atoms with E-state index in [4.69, 9.17) is 16.3 Å². The van der Waals surface area contributed by atoms with Crippen LogP contribution in [0.25, 0.3) is 0 Å². The largest absolute Gasteiger partial charge is 0.492 e. The number of halogens is 1. The van der Waals surface area contributed by atoms with Gasteiger partial charge < -0.3 is 10.1 Å². The van der Waals surface area contributed by atoms with Crippen molar-refractivity contribution >= 4 is 21.4 Å². The van der Waals surface area contributed by atoms with Gasteiger partial charge in [0, 0.05) is 12.8 Å². The molecule has 0 atom stereocenters. The third-order valence-electron chi connectivity index (χ3n) is 2.67. The Kier molecular flexibility index (Phi) is 7.34. The molecular formula is C14H22ClNO3S. The quantitative estimate of drug-likeness (QED) is 0.711. The third-order valence-corrected chi connectivity index (χ3v) is 3.99. The van der Waals surface area contributed by atoms with Gasteiger partial charge in [0.05, 0.1) is 17.4 Å². The minimum Gasteiger partial charge on any atom is -0.492 e. The van der Waals surface area contributed by atoms with Gasteiger partial charge in [0.25, 0.3) is 0 Å². The molecule has 0 aliphatic carbocycles. The van der Waals surface area contributed by atoms with Gasteiger partial charge in [-0.2, -0.15) is 0 Å². The molecule has 114 valence electrons. The maximum Gasteiger partial charge on any atom is 0.147 e. The van der Waals surface area contributed by atoms with E-state index in [0.29, 0.717) is 23.8 Å². The minimum absolute atomic E-state index is 0.129. The van der Waals surface area contributed by atoms with E-state index >= 15 is 0 Å². The van der Waals surface area contributed by atoms with Gasteiger partial charge in [0.1, 0.15) is 15.6 Å². The van der Waals surface area contributed by atoms with Crippen LogP contribution in [0, 0.1) is 0 Å². The Morgan fingerprint density at radius 1 is 1.35 bits per heavy atom. The molecule has 20 heavy (non-hydrogen) atoms. The summed E-state index contributed by atoms with van der Waals surface area (Å²) in [6.45, 7) is 4.22. The van der Waals surface area contributed by atoms with Crippen molar-refractivity contribution in [3.05, 3.63) is 28.8 Å². The molecule has 0 aliphatic heterocycles. The van der Waals surface area contributed by atoms with Crippen molar-refractivity contribution in [2.75, 3.05) is 25.2 Å². The fraction of sp³-hybridized carbons (Fsp3) is 0.571. The van der Waals surface area contributed by atoms with Crippen molar-refractivity contribution < 1.29 is 13.2 Å². The summed E-state index contributed by atoms with van der Waals surface area (Å²) >= 11 is 6.14. The molecule has 1 N–H and O–H groups in total. The van der Waals surface area contributed by atoms with Crippen molar-refractivity contribution in [1.82, 2.24) is 5.32 Å². The van der Waals surface area contributed by atoms with Gasteiger partial charge in [-0.05, 0) is 37.1 Å². The molecule has 0 heterocycles. The summed E-state index contributed by atoms with van der Waals surface area (Å²) in [7, 11) is -2.93. The molecule has 0 fully saturated rings. The van der Waals surface area contributed by atoms with E-state index in [0.717, 1.165) is 25.1 Å². The number of benzene rings is 1. The second kappa shape index (κ2) is 8.49. The van der Waals surface area contributed by atoms with Gasteiger partial charge in [0.2, 0.25) is 0 Å². The van der Waals surface area contributed by atoms with Gasteiger partial charge in [-0.15, -0.1) is 0 Å². The molecule has 1 aromatic carbocycles. The first-order valence-corrected chi connectivity index (χ1v) is 9.16. The fourth-order valence-electron chi connectivity index (χ4n) is 1.68. The molecule has 1 aromatic rings. The van der Waals surface area contributed by atoms with Crippen LogP contribution >= 0.6 is 11.6 Å². The summed E-state index contributed by atoms with van der Waals surface area (Å²) in [4.78, 5) is 0. The van der Waals surface area contributed by atoms with Gasteiger partial charge >= 0.3 is 0 Å². The van der Waals surface area contributed by atoms with Crippen LogP contribution in [0.15, 0.2) is 18.2 Å². The van der Waals surface area contributed by atoms with Crippen molar-refractivity contribution in [3.63, 3.8) is 0 Å². The van der Waals surface area contributed by atoms with E-state index < -0.39 is 9.84 Å². The molecule has 0 spiro atoms. The zero-order chi connectivity index (χ0) is 15.0. The maximum absolute atomic E-state index is 11.0. The molecule has 0 bridgehead atoms. The number of hydrogen-bond acceptors (Lipinski definition) is 4. The zero-order valence-corrected chi connectivity index (χ0v) is 13.6. The minimum atomic E-state index is -2.93. The highest BCUT2D eigenvalue weighted by Crippen LogP contribution is 2.25. The molecule has 0 unspecified atom stereocenters. The van der Waals surface area contributed by atoms with Crippen LogP contribution in [0.2, 0.25) is 5.02 Å². The number of nitrogens with one attached hydrogen (secondary N) is 1. The summed E-state index contributed by atoms with van der Waals surface area (Å²) < 4.78 is 27.5. The SMILES string of the molecule is CCCNCc1ccc(OCCCS(C)(=O)=O)c(Cl)c1. The lowest BCUT2D eigenvalue weighted by Gasteiger charge is -2.10. The number of hydrogen-bond donors (Lipinski definition) is 1. The summed E-state index contributed by atoms with van der Waals surface area (Å²) in [6.07, 6.45) is 2.78. The van der Waals surface area contributed by atoms with Crippen LogP contribution < -0.4 is 10.1 Å². The smallest absolute Gasteiger partial charge is 0.147 e. The highest BCUT2D eigenvalue weighted by atomic mass is 35.5. The molecule has 4 nitrogen and oxygen atoms in total. The lowest BCUT2D eigenvalue weighted by Crippen LogP contribution is -2.13. The molecule has 0 saturated heterocycles. The lowest BCUT2D eigenvalue weighted by atomic mass is 10.2. The Bertz CT molecular complexity index is 517. The normalized spacial score (nSPS) is 11.6. The molecule has 0 aromatic heterocycles. The van der Waals surface area contributed by atoms with Gasteiger partial charge in [-0.25, -0.2) is 8.42 Å². The van der Waals surface area contributed by atoms with Crippen LogP contribution in [0.4, 0.5) is 0 Å². The molecule has 0 aliphatic rings. The van der Waals surface area contributed by atoms with E-state index in [1.165, 1.54) is 6.26 Å². The first-order chi connectivity index (χ1) is 9.42. The fourth-order valence-corrected chi connectivity index (χ4v) is 2.58. The van der Waals surface area contributed by atoms with Gasteiger partial charge in [0.15, 0.2) is 0 Å². The van der Waals surface area contributed by atoms with Crippen LogP contribution in [-0.4, -0.2) is 33.6 Å². The molecule has 1 rings (SSSR count). The predicted octanol–water partition coefficient (Wildman–Crippen LogP) is 2.65. The topological polar surface area (TPSA) is 55.4 Å². The van der Waals surface area contributed by atoms with E-state index in [1.54, 1.807) is 0 Å². The standard InChI is InChI=1S/C14H22ClNO3S/c1-3-7-16-11-12-5-6-14(13(15)10-12)19-8-4-9-20(2,17)18/h5-6,10,16H,3-4,7-9,11H2,1-2H3. The highest BCUT2D eigenvalue weighted by Gasteiger charge is 2.05. The van der Waals surface area contributed by atoms with E-state index in [-0.39, 0.29) is 5.75 Å². The second-order valence-corrected chi connectivity index (χ2v) is 7.44. The molecular weight excluding hydrogens is 298 g/mol. The summed E-state index contributed by atoms with van der Waals surface area (Å²) in [5.41, 5.74) is 1.10. The average molecular weight is 320 g/mol. The Balaban J connectivity index is 2.43. The summed E-state index contributed by atoms with van der Waals surface area (Å²) in [6, 6.07) is 5.66. The van der Waals surface area contributed by atoms with Gasteiger partial charge in [-0.1, -0.05) is 24.6 Å². The van der Waals surface area contributed by atoms with Crippen molar-refractivity contribution in [2.45, 2.75) is 26.3 Å². The Labute approximate surface area is 126 Å². The van der Waals surface area contributed by atoms with Crippen LogP contribution in [0.1, 0.15) is 25.3 Å². The van der Waals surface area contributed by atoms with E-state index in [2.05, 4.69) is 12.2 Å². The Morgan fingerprint density at radius 2 is 2.10 bits per heavy atom. The maximum atomic E-state index is 11.0. The lowest BCUT2D eigenvalue weighted by molar-refractivity contribution is 0.318. The highest BCUT2D eigenvalue weighted by molar-refractivity contribution is 7.90. The second-order valence-electron chi connectivity index (χ2n) is 4.77. The zero-order valence-electron chi connectivity index (χ0n) is 12.0. The molecule has 0 radical (unpaired) electrons. The van der Waals surface area contributed by atoms with Crippen molar-refractivity contribution in [1.29, 1.82) is 0 Å². The van der Waals surface area contributed by atoms with E-state index in [1.807, 2.05) is 18.2 Å². The third kappa shape index (κ3) is 7.12. The van der Waals surface area contributed by atoms with Crippen LogP contribution in [0.5, 0.6) is 5.75 Å². The van der Waals surface area contributed by atoms with Gasteiger partial charge in [-0.3, -0.25) is 0 Å². The monoisotopic (exact) mass is 319 g/mol. The molecule has 6 heteroatoms. The Morgan fingerprint density at radius 3 is 2.70 bits per heavy atom.